The summed E-state index contributed by atoms with van der Waals surface area (Å²) in [4.78, 5) is 12.6. The molecule has 25 heavy (non-hydrogen) atoms. The minimum absolute atomic E-state index is 0.272. The summed E-state index contributed by atoms with van der Waals surface area (Å²) >= 11 is 6.09. The van der Waals surface area contributed by atoms with Gasteiger partial charge in [0.05, 0.1) is 25.0 Å². The zero-order valence-corrected chi connectivity index (χ0v) is 14.8. The van der Waals surface area contributed by atoms with Crippen molar-refractivity contribution in [1.82, 2.24) is 0 Å². The molecule has 0 saturated carbocycles. The Balaban J connectivity index is 2.29. The van der Waals surface area contributed by atoms with Crippen molar-refractivity contribution in [1.29, 1.82) is 0 Å². The van der Waals surface area contributed by atoms with Gasteiger partial charge in [0.15, 0.2) is 0 Å². The van der Waals surface area contributed by atoms with Crippen molar-refractivity contribution in [3.8, 4) is 16.9 Å². The van der Waals surface area contributed by atoms with Crippen LogP contribution in [0.2, 0.25) is 5.02 Å². The topological polar surface area (TPSA) is 61.5 Å². The summed E-state index contributed by atoms with van der Waals surface area (Å²) in [5.41, 5.74) is 8.61. The van der Waals surface area contributed by atoms with Crippen molar-refractivity contribution in [2.75, 3.05) is 19.5 Å². The molecule has 0 fully saturated rings. The molecule has 0 unspecified atom stereocenters. The summed E-state index contributed by atoms with van der Waals surface area (Å²) in [5, 5.41) is 2.19. The molecule has 0 amide bonds. The predicted octanol–water partition coefficient (Wildman–Crippen LogP) is 4.93. The highest BCUT2D eigenvalue weighted by Crippen LogP contribution is 2.36. The summed E-state index contributed by atoms with van der Waals surface area (Å²) in [7, 11) is 1.61. The van der Waals surface area contributed by atoms with Gasteiger partial charge in [0.2, 0.25) is 0 Å². The van der Waals surface area contributed by atoms with Crippen LogP contribution >= 0.6 is 11.6 Å². The fourth-order valence-corrected chi connectivity index (χ4v) is 2.99. The largest absolute Gasteiger partial charge is 0.497 e. The predicted molar refractivity (Wildman–Crippen MR) is 101 cm³/mol. The lowest BCUT2D eigenvalue weighted by atomic mass is 9.93. The number of halogens is 1. The number of hydrogen-bond donors (Lipinski definition) is 1. The third kappa shape index (κ3) is 3.26. The van der Waals surface area contributed by atoms with Crippen LogP contribution in [-0.2, 0) is 4.74 Å². The van der Waals surface area contributed by atoms with Crippen LogP contribution in [0.3, 0.4) is 0 Å². The van der Waals surface area contributed by atoms with Crippen molar-refractivity contribution in [2.45, 2.75) is 6.92 Å². The fourth-order valence-electron chi connectivity index (χ4n) is 2.82. The maximum atomic E-state index is 12.6. The average Bonchev–Trinajstić information content (AvgIpc) is 2.62. The number of methoxy groups -OCH3 is 1. The van der Waals surface area contributed by atoms with Gasteiger partial charge in [0.25, 0.3) is 0 Å². The van der Waals surface area contributed by atoms with E-state index in [0.717, 1.165) is 22.1 Å². The molecule has 0 aliphatic rings. The normalized spacial score (nSPS) is 10.7. The number of fused-ring (bicyclic) bond motifs is 1. The van der Waals surface area contributed by atoms with E-state index < -0.39 is 5.97 Å². The van der Waals surface area contributed by atoms with Crippen LogP contribution in [0.1, 0.15) is 17.3 Å². The SMILES string of the molecule is CCOC(=O)c1c(-c2ccc(OC)cc2)cc2ccc(Cl)cc2c1N. The summed E-state index contributed by atoms with van der Waals surface area (Å²) < 4.78 is 10.4. The third-order valence-corrected chi connectivity index (χ3v) is 4.26. The molecule has 0 bridgehead atoms. The van der Waals surface area contributed by atoms with E-state index in [1.54, 1.807) is 26.2 Å². The standard InChI is InChI=1S/C20H18ClNO3/c1-3-25-20(23)18-16(12-5-8-15(24-2)9-6-12)10-13-4-7-14(21)11-17(13)19(18)22/h4-11H,3,22H2,1-2H3. The zero-order chi connectivity index (χ0) is 18.0. The number of nitrogen functional groups attached to an aromatic ring is 1. The molecule has 0 aliphatic heterocycles. The second-order valence-electron chi connectivity index (χ2n) is 5.53. The third-order valence-electron chi connectivity index (χ3n) is 4.02. The van der Waals surface area contributed by atoms with Gasteiger partial charge < -0.3 is 15.2 Å². The van der Waals surface area contributed by atoms with Crippen LogP contribution < -0.4 is 10.5 Å². The lowest BCUT2D eigenvalue weighted by Gasteiger charge is -2.15. The van der Waals surface area contributed by atoms with Crippen LogP contribution in [0.15, 0.2) is 48.5 Å². The van der Waals surface area contributed by atoms with E-state index in [-0.39, 0.29) is 6.61 Å². The van der Waals surface area contributed by atoms with Gasteiger partial charge in [0, 0.05) is 10.4 Å². The molecular weight excluding hydrogens is 338 g/mol. The van der Waals surface area contributed by atoms with Crippen LogP contribution in [0.25, 0.3) is 21.9 Å². The number of anilines is 1. The number of esters is 1. The maximum Gasteiger partial charge on any atom is 0.340 e. The van der Waals surface area contributed by atoms with E-state index in [4.69, 9.17) is 26.8 Å². The number of ether oxygens (including phenoxy) is 2. The number of rotatable bonds is 4. The molecule has 0 radical (unpaired) electrons. The van der Waals surface area contributed by atoms with E-state index in [2.05, 4.69) is 0 Å². The van der Waals surface area contributed by atoms with Gasteiger partial charge in [-0.05, 0) is 53.8 Å². The summed E-state index contributed by atoms with van der Waals surface area (Å²) in [6, 6.07) is 14.8. The first kappa shape index (κ1) is 17.1. The lowest BCUT2D eigenvalue weighted by Crippen LogP contribution is -2.10. The number of nitrogens with two attached hydrogens (primary N) is 1. The molecule has 3 aromatic carbocycles. The Bertz CT molecular complexity index is 936. The molecule has 3 aromatic rings. The molecule has 0 spiro atoms. The Hall–Kier alpha value is -2.72. The quantitative estimate of drug-likeness (QED) is 0.532. The van der Waals surface area contributed by atoms with Crippen LogP contribution in [0, 0.1) is 0 Å². The first-order valence-electron chi connectivity index (χ1n) is 7.88. The van der Waals surface area contributed by atoms with E-state index in [9.17, 15) is 4.79 Å². The first-order valence-corrected chi connectivity index (χ1v) is 8.26. The number of hydrogen-bond acceptors (Lipinski definition) is 4. The van der Waals surface area contributed by atoms with Crippen molar-refractivity contribution in [3.63, 3.8) is 0 Å². The minimum Gasteiger partial charge on any atom is -0.497 e. The zero-order valence-electron chi connectivity index (χ0n) is 14.0. The van der Waals surface area contributed by atoms with E-state index in [0.29, 0.717) is 21.8 Å². The molecule has 3 rings (SSSR count). The fraction of sp³-hybridized carbons (Fsp3) is 0.150. The van der Waals surface area contributed by atoms with Crippen molar-refractivity contribution in [3.05, 3.63) is 59.1 Å². The van der Waals surface area contributed by atoms with E-state index >= 15 is 0 Å². The van der Waals surface area contributed by atoms with Crippen LogP contribution in [-0.4, -0.2) is 19.7 Å². The molecular formula is C20H18ClNO3. The summed E-state index contributed by atoms with van der Waals surface area (Å²) in [6.07, 6.45) is 0. The van der Waals surface area contributed by atoms with Crippen molar-refractivity contribution < 1.29 is 14.3 Å². The Morgan fingerprint density at radius 1 is 1.12 bits per heavy atom. The average molecular weight is 356 g/mol. The second-order valence-corrected chi connectivity index (χ2v) is 5.96. The second kappa shape index (κ2) is 7.03. The lowest BCUT2D eigenvalue weighted by molar-refractivity contribution is 0.0528. The van der Waals surface area contributed by atoms with Gasteiger partial charge in [-0.2, -0.15) is 0 Å². The number of carbonyl (C=O) groups is 1. The molecule has 4 nitrogen and oxygen atoms in total. The van der Waals surface area contributed by atoms with Gasteiger partial charge in [-0.15, -0.1) is 0 Å². The van der Waals surface area contributed by atoms with Crippen LogP contribution in [0.4, 0.5) is 5.69 Å². The monoisotopic (exact) mass is 355 g/mol. The Labute approximate surface area is 151 Å². The Morgan fingerprint density at radius 3 is 2.48 bits per heavy atom. The van der Waals surface area contributed by atoms with Crippen molar-refractivity contribution in [2.24, 2.45) is 0 Å². The van der Waals surface area contributed by atoms with E-state index in [1.165, 1.54) is 0 Å². The molecule has 5 heteroatoms. The van der Waals surface area contributed by atoms with Gasteiger partial charge >= 0.3 is 5.97 Å². The van der Waals surface area contributed by atoms with Gasteiger partial charge in [-0.25, -0.2) is 4.79 Å². The first-order chi connectivity index (χ1) is 12.0. The summed E-state index contributed by atoms with van der Waals surface area (Å²) in [6.45, 7) is 2.03. The maximum absolute atomic E-state index is 12.6. The van der Waals surface area contributed by atoms with Gasteiger partial charge in [0.1, 0.15) is 5.75 Å². The molecule has 0 saturated heterocycles. The smallest absolute Gasteiger partial charge is 0.340 e. The molecule has 0 heterocycles. The van der Waals surface area contributed by atoms with Gasteiger partial charge in [-0.3, -0.25) is 0 Å². The Kier molecular flexibility index (Phi) is 4.81. The molecule has 0 aromatic heterocycles. The molecule has 2 N–H and O–H groups in total. The number of benzene rings is 3. The number of carbonyl (C=O) groups excluding carboxylic acids is 1. The van der Waals surface area contributed by atoms with Crippen LogP contribution in [0.5, 0.6) is 5.75 Å². The highest BCUT2D eigenvalue weighted by molar-refractivity contribution is 6.31. The molecule has 0 atom stereocenters. The minimum atomic E-state index is -0.451. The van der Waals surface area contributed by atoms with E-state index in [1.807, 2.05) is 36.4 Å². The molecule has 128 valence electrons. The van der Waals surface area contributed by atoms with Gasteiger partial charge in [-0.1, -0.05) is 29.8 Å². The molecule has 0 aliphatic carbocycles. The summed E-state index contributed by atoms with van der Waals surface area (Å²) in [5.74, 6) is 0.287. The highest BCUT2D eigenvalue weighted by atomic mass is 35.5. The van der Waals surface area contributed by atoms with Crippen molar-refractivity contribution >= 4 is 34.0 Å². The Morgan fingerprint density at radius 2 is 1.84 bits per heavy atom. The highest BCUT2D eigenvalue weighted by Gasteiger charge is 2.20.